The van der Waals surface area contributed by atoms with Gasteiger partial charge in [0, 0.05) is 33.4 Å². The van der Waals surface area contributed by atoms with Crippen molar-refractivity contribution in [3.63, 3.8) is 0 Å². The van der Waals surface area contributed by atoms with E-state index >= 15 is 0 Å². The van der Waals surface area contributed by atoms with Gasteiger partial charge in [0.05, 0.1) is 0 Å². The van der Waals surface area contributed by atoms with Crippen molar-refractivity contribution in [3.05, 3.63) is 255 Å². The van der Waals surface area contributed by atoms with Crippen molar-refractivity contribution in [3.8, 4) is 136 Å². The molecule has 0 fully saturated rings. The van der Waals surface area contributed by atoms with Gasteiger partial charge >= 0.3 is 20.9 Å². The zero-order chi connectivity index (χ0) is 60.5. The number of fused-ring (bicyclic) bond motifs is 9. The predicted molar refractivity (Wildman–Crippen MR) is 362 cm³/mol. The molecule has 0 radical (unpaired) electrons. The second kappa shape index (κ2) is 17.5. The molecule has 25 rings (SSSR count). The van der Waals surface area contributed by atoms with Crippen LogP contribution in [0.15, 0.2) is 255 Å². The summed E-state index contributed by atoms with van der Waals surface area (Å²) in [4.78, 5) is 0. The average molecular weight is 1200 g/mol. The molecule has 15 bridgehead atoms. The summed E-state index contributed by atoms with van der Waals surface area (Å²) in [5, 5.41) is 11.5. The van der Waals surface area contributed by atoms with Crippen molar-refractivity contribution in [2.24, 2.45) is 0 Å². The molecule has 3 spiro atoms. The second-order valence-corrected chi connectivity index (χ2v) is 24.7. The molecule has 0 atom stereocenters. The Morgan fingerprint density at radius 1 is 0.161 bits per heavy atom. The first-order valence-electron chi connectivity index (χ1n) is 31.2. The van der Waals surface area contributed by atoms with Crippen LogP contribution in [0.5, 0.6) is 69.0 Å². The lowest BCUT2D eigenvalue weighted by Gasteiger charge is -2.28. The van der Waals surface area contributed by atoms with E-state index in [1.165, 1.54) is 0 Å². The van der Waals surface area contributed by atoms with Crippen LogP contribution in [0.25, 0.3) is 131 Å². The van der Waals surface area contributed by atoms with Gasteiger partial charge in [-0.05, 0) is 134 Å². The minimum atomic E-state index is -2.93. The molecule has 10 aliphatic heterocycles. The topological polar surface area (TPSA) is 111 Å². The lowest BCUT2D eigenvalue weighted by atomic mass is 9.92. The molecule has 0 N–H and O–H groups in total. The van der Waals surface area contributed by atoms with Crippen LogP contribution in [0, 0.1) is 0 Å². The molecule has 10 aliphatic rings. The van der Waals surface area contributed by atoms with E-state index in [4.69, 9.17) is 55.9 Å². The van der Waals surface area contributed by atoms with Crippen LogP contribution >= 0.6 is 0 Å². The minimum absolute atomic E-state index is 0.493. The highest BCUT2D eigenvalue weighted by atomic mass is 16.9. The summed E-state index contributed by atoms with van der Waals surface area (Å²) in [5.74, 6) is 5.95. The quantitative estimate of drug-likeness (QED) is 0.135. The van der Waals surface area contributed by atoms with Gasteiger partial charge in [0.15, 0.2) is 0 Å². The van der Waals surface area contributed by atoms with Crippen molar-refractivity contribution >= 4 is 85.5 Å². The van der Waals surface area contributed by atoms with E-state index in [0.717, 1.165) is 131 Å². The lowest BCUT2D eigenvalue weighted by molar-refractivity contribution is 0.223. The van der Waals surface area contributed by atoms with Gasteiger partial charge in [-0.25, -0.2) is 0 Å². The van der Waals surface area contributed by atoms with E-state index < -0.39 is 20.9 Å². The number of hydrogen-bond donors (Lipinski definition) is 0. The highest BCUT2D eigenvalue weighted by Crippen LogP contribution is 2.60. The molecular formula is C78H42B3O12-3. The summed E-state index contributed by atoms with van der Waals surface area (Å²) in [6.45, 7) is -8.78. The maximum Gasteiger partial charge on any atom is 0.777 e. The molecule has 0 saturated carbocycles. The van der Waals surface area contributed by atoms with E-state index in [-0.39, 0.29) is 0 Å². The van der Waals surface area contributed by atoms with Crippen LogP contribution in [0.1, 0.15) is 0 Å². The summed E-state index contributed by atoms with van der Waals surface area (Å²) in [6.07, 6.45) is 0. The van der Waals surface area contributed by atoms with E-state index in [9.17, 15) is 0 Å². The number of benzene rings is 15. The fourth-order valence-corrected chi connectivity index (χ4v) is 15.4. The fourth-order valence-electron chi connectivity index (χ4n) is 15.4. The highest BCUT2D eigenvalue weighted by Gasteiger charge is 2.56. The highest BCUT2D eigenvalue weighted by molar-refractivity contribution is 6.61. The normalized spacial score (nSPS) is 18.8. The van der Waals surface area contributed by atoms with Crippen LogP contribution in [-0.4, -0.2) is 20.9 Å². The summed E-state index contributed by atoms with van der Waals surface area (Å²) in [7, 11) is 0. The Bertz CT molecular complexity index is 4980. The third-order valence-corrected chi connectivity index (χ3v) is 19.4. The van der Waals surface area contributed by atoms with Crippen molar-refractivity contribution in [1.29, 1.82) is 0 Å². The van der Waals surface area contributed by atoms with Crippen molar-refractivity contribution < 1.29 is 55.9 Å². The predicted octanol–water partition coefficient (Wildman–Crippen LogP) is 19.0. The Hall–Kier alpha value is -12.3. The third-order valence-electron chi connectivity index (χ3n) is 19.4. The zero-order valence-electron chi connectivity index (χ0n) is 48.9. The second-order valence-electron chi connectivity index (χ2n) is 24.7. The van der Waals surface area contributed by atoms with Gasteiger partial charge in [0.25, 0.3) is 0 Å². The van der Waals surface area contributed by atoms with E-state index in [2.05, 4.69) is 146 Å². The average Bonchev–Trinajstić information content (AvgIpc) is 1.58. The van der Waals surface area contributed by atoms with Crippen LogP contribution in [0.2, 0.25) is 0 Å². The molecule has 15 aromatic carbocycles. The van der Waals surface area contributed by atoms with E-state index in [1.807, 2.05) is 109 Å². The van der Waals surface area contributed by atoms with Gasteiger partial charge in [0.2, 0.25) is 0 Å². The summed E-state index contributed by atoms with van der Waals surface area (Å²) >= 11 is 0. The van der Waals surface area contributed by atoms with Gasteiger partial charge in [-0.15, -0.1) is 0 Å². The summed E-state index contributed by atoms with van der Waals surface area (Å²) in [6, 6.07) is 86.5. The van der Waals surface area contributed by atoms with E-state index in [1.54, 1.807) is 0 Å². The van der Waals surface area contributed by atoms with Crippen LogP contribution in [-0.2, 0) is 0 Å². The smallest absolute Gasteiger partial charge is 0.609 e. The van der Waals surface area contributed by atoms with Crippen molar-refractivity contribution in [1.82, 2.24) is 0 Å². The van der Waals surface area contributed by atoms with Gasteiger partial charge in [-0.1, -0.05) is 218 Å². The van der Waals surface area contributed by atoms with Crippen LogP contribution < -0.4 is 55.9 Å². The molecule has 12 nitrogen and oxygen atoms in total. The Balaban J connectivity index is 0.742. The maximum atomic E-state index is 7.06. The first kappa shape index (κ1) is 49.5. The first-order chi connectivity index (χ1) is 45.8. The Labute approximate surface area is 529 Å². The summed E-state index contributed by atoms with van der Waals surface area (Å²) in [5.41, 5.74) is 10.2. The Morgan fingerprint density at radius 3 is 0.473 bits per heavy atom. The standard InChI is InChI=1S/C78H42B3O12/c1-7-19-55-49(13-1)37-61-73-67(55)43-25-27-44(28-26-43)68-56-20-8-3-15-51(56)39-63-75(68)90-80(84-63)85-64-40-52-16-5-11-23-59(52)71(76(64)91-80)47-33-35-48(36-34-47)72-60-24-12-6-18-54(60)42-66-78(72)93-81(87-66)86-65-41-53-17-4-10-22-58(53)70(77(65)92-81)46-31-29-45(30-32-46)69-57-21-9-2-14-50(57)38-62-74(69)89-79(82-61,83-62)88-73/h1-42H/q-3. The van der Waals surface area contributed by atoms with Crippen LogP contribution in [0.3, 0.4) is 0 Å². The van der Waals surface area contributed by atoms with Crippen molar-refractivity contribution in [2.45, 2.75) is 0 Å². The fraction of sp³-hybridized carbons (Fsp3) is 0. The van der Waals surface area contributed by atoms with Gasteiger partial charge < -0.3 is 55.9 Å². The molecule has 15 aromatic rings. The largest absolute Gasteiger partial charge is 0.777 e. The zero-order valence-corrected chi connectivity index (χ0v) is 48.9. The van der Waals surface area contributed by atoms with Crippen LogP contribution in [0.4, 0.5) is 0 Å². The summed E-state index contributed by atoms with van der Waals surface area (Å²) < 4.78 is 83.6. The molecule has 0 saturated heterocycles. The molecule has 10 heterocycles. The minimum Gasteiger partial charge on any atom is -0.609 e. The maximum absolute atomic E-state index is 7.06. The molecular weight excluding hydrogens is 1160 g/mol. The molecule has 438 valence electrons. The van der Waals surface area contributed by atoms with Gasteiger partial charge in [-0.2, -0.15) is 0 Å². The number of rotatable bonds is 0. The Morgan fingerprint density at radius 2 is 0.312 bits per heavy atom. The van der Waals surface area contributed by atoms with Crippen molar-refractivity contribution in [2.75, 3.05) is 0 Å². The number of hydrogen-bond acceptors (Lipinski definition) is 12. The lowest BCUT2D eigenvalue weighted by Crippen LogP contribution is -2.54. The third kappa shape index (κ3) is 6.91. The molecule has 0 amide bonds. The molecule has 15 heteroatoms. The van der Waals surface area contributed by atoms with Gasteiger partial charge in [0.1, 0.15) is 69.0 Å². The molecule has 0 aromatic heterocycles. The molecule has 93 heavy (non-hydrogen) atoms. The monoisotopic (exact) mass is 1200 g/mol. The Kier molecular flexibility index (Phi) is 9.34. The van der Waals surface area contributed by atoms with E-state index in [0.29, 0.717) is 69.0 Å². The van der Waals surface area contributed by atoms with Gasteiger partial charge in [-0.3, -0.25) is 0 Å². The first-order valence-corrected chi connectivity index (χ1v) is 31.2. The SMILES string of the molecule is c1ccc2c3c4c(cc2c1)O[B-]1(Oc2cc5ccccc5c(c2O1)-c1ccc(cc1)-c1c2c(cc5ccccc15)O[B-]1(Oc5cc6ccccc6c(c5O1)-c1ccc(cc1)-c1c5c(cc6ccccc16)O[B-]1(Oc6cc7ccccc7c(c6O1)-c1ccc-3cc1)O5)O2)O4. The molecule has 0 unspecified atom stereocenters. The molecule has 0 aliphatic carbocycles.